The van der Waals surface area contributed by atoms with E-state index in [1.807, 2.05) is 23.2 Å². The smallest absolute Gasteiger partial charge is 0.234 e. The Bertz CT molecular complexity index is 1140. The summed E-state index contributed by atoms with van der Waals surface area (Å²) >= 11 is 0. The lowest BCUT2D eigenvalue weighted by Gasteiger charge is -2.31. The number of aromatic hydroxyl groups is 1. The number of benzene rings is 2. The van der Waals surface area contributed by atoms with E-state index in [2.05, 4.69) is 54.1 Å². The molecule has 5 rings (SSSR count). The normalized spacial score (nSPS) is 18.3. The van der Waals surface area contributed by atoms with Crippen LogP contribution < -0.4 is 4.90 Å². The van der Waals surface area contributed by atoms with Crippen LogP contribution in [0, 0.1) is 0 Å². The van der Waals surface area contributed by atoms with Crippen LogP contribution in [-0.2, 0) is 17.8 Å². The van der Waals surface area contributed by atoms with Gasteiger partial charge in [0, 0.05) is 17.4 Å². The van der Waals surface area contributed by atoms with Crippen molar-refractivity contribution in [3.05, 3.63) is 77.1 Å². The summed E-state index contributed by atoms with van der Waals surface area (Å²) in [5.41, 5.74) is 5.13. The summed E-state index contributed by atoms with van der Waals surface area (Å²) in [6, 6.07) is 14.5. The maximum Gasteiger partial charge on any atom is 0.234 e. The van der Waals surface area contributed by atoms with E-state index in [-0.39, 0.29) is 11.8 Å². The minimum Gasteiger partial charge on any atom is -0.508 e. The Morgan fingerprint density at radius 3 is 2.59 bits per heavy atom. The van der Waals surface area contributed by atoms with E-state index < -0.39 is 0 Å². The number of phenolic OH excluding ortho intramolecular Hbond substituents is 1. The van der Waals surface area contributed by atoms with Gasteiger partial charge in [-0.05, 0) is 72.9 Å². The van der Waals surface area contributed by atoms with Crippen molar-refractivity contribution in [3.63, 3.8) is 0 Å². The fourth-order valence-electron chi connectivity index (χ4n) is 5.62. The minimum atomic E-state index is -0.245. The largest absolute Gasteiger partial charge is 0.508 e. The molecule has 1 unspecified atom stereocenters. The average Bonchev–Trinajstić information content (AvgIpc) is 3.54. The summed E-state index contributed by atoms with van der Waals surface area (Å²) in [6.07, 6.45) is 11.5. The Labute approximate surface area is 202 Å². The van der Waals surface area contributed by atoms with E-state index in [4.69, 9.17) is 0 Å². The molecule has 5 heteroatoms. The predicted molar refractivity (Wildman–Crippen MR) is 135 cm³/mol. The van der Waals surface area contributed by atoms with Gasteiger partial charge in [0.15, 0.2) is 0 Å². The van der Waals surface area contributed by atoms with Crippen LogP contribution in [0.4, 0.5) is 5.69 Å². The highest BCUT2D eigenvalue weighted by Gasteiger charge is 2.32. The van der Waals surface area contributed by atoms with Gasteiger partial charge >= 0.3 is 0 Å². The molecule has 1 atom stereocenters. The molecular formula is C29H35N3O2. The number of nitrogens with zero attached hydrogens (tertiary/aromatic N) is 3. The van der Waals surface area contributed by atoms with E-state index in [0.29, 0.717) is 24.3 Å². The maximum absolute atomic E-state index is 14.1. The van der Waals surface area contributed by atoms with Gasteiger partial charge in [-0.25, -0.2) is 0 Å². The van der Waals surface area contributed by atoms with E-state index in [9.17, 15) is 9.90 Å². The molecule has 1 amide bonds. The average molecular weight is 458 g/mol. The first-order valence-electron chi connectivity index (χ1n) is 12.8. The SMILES string of the molecule is CC(C)c1ccc(N(Cc2cnn(C3CCCC3)c2)C(=O)C2CCCc3c(O)cccc32)cc1. The van der Waals surface area contributed by atoms with Crippen molar-refractivity contribution in [3.8, 4) is 5.75 Å². The van der Waals surface area contributed by atoms with Crippen molar-refractivity contribution >= 4 is 11.6 Å². The number of phenols is 1. The van der Waals surface area contributed by atoms with Gasteiger partial charge in [0.05, 0.1) is 24.7 Å². The molecule has 5 nitrogen and oxygen atoms in total. The highest BCUT2D eigenvalue weighted by atomic mass is 16.3. The molecule has 0 radical (unpaired) electrons. The van der Waals surface area contributed by atoms with Gasteiger partial charge in [-0.2, -0.15) is 5.10 Å². The summed E-state index contributed by atoms with van der Waals surface area (Å²) in [5.74, 6) is 0.597. The standard InChI is InChI=1S/C29H35N3O2/c1-20(2)22-13-15-23(16-14-22)31(18-21-17-30-32(19-21)24-7-3-4-8-24)29(34)27-11-5-10-26-25(27)9-6-12-28(26)33/h6,9,12-17,19-20,24,27,33H,3-5,7-8,10-11,18H2,1-2H3. The lowest BCUT2D eigenvalue weighted by molar-refractivity contribution is -0.120. The Morgan fingerprint density at radius 2 is 1.85 bits per heavy atom. The van der Waals surface area contributed by atoms with E-state index in [1.165, 1.54) is 31.2 Å². The van der Waals surface area contributed by atoms with Crippen molar-refractivity contribution in [2.75, 3.05) is 4.90 Å². The van der Waals surface area contributed by atoms with Gasteiger partial charge in [0.1, 0.15) is 5.75 Å². The van der Waals surface area contributed by atoms with E-state index >= 15 is 0 Å². The molecule has 0 spiro atoms. The molecule has 2 aromatic carbocycles. The second-order valence-electron chi connectivity index (χ2n) is 10.2. The van der Waals surface area contributed by atoms with Crippen molar-refractivity contribution < 1.29 is 9.90 Å². The molecule has 2 aliphatic carbocycles. The molecule has 1 fully saturated rings. The number of carbonyl (C=O) groups is 1. The summed E-state index contributed by atoms with van der Waals surface area (Å²) in [5, 5.41) is 15.0. The number of anilines is 1. The van der Waals surface area contributed by atoms with Crippen LogP contribution in [0.25, 0.3) is 0 Å². The fraction of sp³-hybridized carbons (Fsp3) is 0.448. The molecule has 178 valence electrons. The summed E-state index contributed by atoms with van der Waals surface area (Å²) in [7, 11) is 0. The first-order chi connectivity index (χ1) is 16.5. The van der Waals surface area contributed by atoms with Crippen molar-refractivity contribution in [2.45, 2.75) is 83.2 Å². The lowest BCUT2D eigenvalue weighted by atomic mass is 9.81. The number of fused-ring (bicyclic) bond motifs is 1. The topological polar surface area (TPSA) is 58.4 Å². The van der Waals surface area contributed by atoms with Crippen molar-refractivity contribution in [1.29, 1.82) is 0 Å². The molecule has 3 aromatic rings. The molecule has 1 heterocycles. The third-order valence-corrected chi connectivity index (χ3v) is 7.61. The molecule has 0 aliphatic heterocycles. The first kappa shape index (κ1) is 22.7. The van der Waals surface area contributed by atoms with Crippen LogP contribution in [0.15, 0.2) is 54.9 Å². The summed E-state index contributed by atoms with van der Waals surface area (Å²) < 4.78 is 2.10. The number of aromatic nitrogens is 2. The summed E-state index contributed by atoms with van der Waals surface area (Å²) in [4.78, 5) is 16.0. The number of rotatable bonds is 6. The van der Waals surface area contributed by atoms with Crippen molar-refractivity contribution in [1.82, 2.24) is 9.78 Å². The zero-order valence-corrected chi connectivity index (χ0v) is 20.3. The van der Waals surface area contributed by atoms with Crippen LogP contribution in [0.2, 0.25) is 0 Å². The van der Waals surface area contributed by atoms with E-state index in [0.717, 1.165) is 41.6 Å². The number of carbonyl (C=O) groups excluding carboxylic acids is 1. The van der Waals surface area contributed by atoms with Gasteiger partial charge in [-0.15, -0.1) is 0 Å². The molecule has 0 bridgehead atoms. The molecule has 34 heavy (non-hydrogen) atoms. The zero-order valence-electron chi connectivity index (χ0n) is 20.3. The molecular weight excluding hydrogens is 422 g/mol. The Kier molecular flexibility index (Phi) is 6.44. The third kappa shape index (κ3) is 4.48. The van der Waals surface area contributed by atoms with Gasteiger partial charge in [-0.3, -0.25) is 9.48 Å². The van der Waals surface area contributed by atoms with Crippen molar-refractivity contribution in [2.24, 2.45) is 0 Å². The molecule has 0 saturated heterocycles. The molecule has 1 saturated carbocycles. The fourth-order valence-corrected chi connectivity index (χ4v) is 5.62. The highest BCUT2D eigenvalue weighted by Crippen LogP contribution is 2.38. The second kappa shape index (κ2) is 9.65. The Morgan fingerprint density at radius 1 is 1.09 bits per heavy atom. The van der Waals surface area contributed by atoms with Crippen LogP contribution in [0.1, 0.15) is 92.5 Å². The Balaban J connectivity index is 1.47. The minimum absolute atomic E-state index is 0.0949. The highest BCUT2D eigenvalue weighted by molar-refractivity contribution is 5.98. The Hall–Kier alpha value is -3.08. The van der Waals surface area contributed by atoms with Gasteiger partial charge in [0.25, 0.3) is 0 Å². The first-order valence-corrected chi connectivity index (χ1v) is 12.8. The van der Waals surface area contributed by atoms with Crippen LogP contribution in [0.3, 0.4) is 0 Å². The lowest BCUT2D eigenvalue weighted by Crippen LogP contribution is -2.36. The second-order valence-corrected chi connectivity index (χ2v) is 10.2. The van der Waals surface area contributed by atoms with Crippen LogP contribution in [-0.4, -0.2) is 20.8 Å². The van der Waals surface area contributed by atoms with Crippen LogP contribution >= 0.6 is 0 Å². The van der Waals surface area contributed by atoms with Gasteiger partial charge in [0.2, 0.25) is 5.91 Å². The molecule has 2 aliphatic rings. The van der Waals surface area contributed by atoms with E-state index in [1.54, 1.807) is 6.07 Å². The third-order valence-electron chi connectivity index (χ3n) is 7.61. The van der Waals surface area contributed by atoms with Crippen LogP contribution in [0.5, 0.6) is 5.75 Å². The molecule has 1 N–H and O–H groups in total. The quantitative estimate of drug-likeness (QED) is 0.461. The number of hydrogen-bond acceptors (Lipinski definition) is 3. The molecule has 1 aromatic heterocycles. The number of amides is 1. The van der Waals surface area contributed by atoms with Gasteiger partial charge in [-0.1, -0.05) is 51.0 Å². The van der Waals surface area contributed by atoms with Gasteiger partial charge < -0.3 is 10.0 Å². The maximum atomic E-state index is 14.1. The summed E-state index contributed by atoms with van der Waals surface area (Å²) in [6.45, 7) is 4.86. The predicted octanol–water partition coefficient (Wildman–Crippen LogP) is 6.48. The number of hydrogen-bond donors (Lipinski definition) is 1. The zero-order chi connectivity index (χ0) is 23.7. The monoisotopic (exact) mass is 457 g/mol.